The molecule has 0 radical (unpaired) electrons. The van der Waals surface area contributed by atoms with Gasteiger partial charge in [0.2, 0.25) is 0 Å². The lowest BCUT2D eigenvalue weighted by Gasteiger charge is -2.22. The van der Waals surface area contributed by atoms with Crippen molar-refractivity contribution in [2.45, 2.75) is 33.0 Å². The fraction of sp³-hybridized carbons (Fsp3) is 0.310. The first-order valence-electron chi connectivity index (χ1n) is 12.2. The molecule has 6 nitrogen and oxygen atoms in total. The molecule has 0 N–H and O–H groups in total. The van der Waals surface area contributed by atoms with Gasteiger partial charge in [0.1, 0.15) is 36.3 Å². The molecule has 0 spiro atoms. The van der Waals surface area contributed by atoms with Crippen molar-refractivity contribution in [2.75, 3.05) is 19.8 Å². The predicted molar refractivity (Wildman–Crippen MR) is 135 cm³/mol. The summed E-state index contributed by atoms with van der Waals surface area (Å²) in [6.07, 6.45) is 5.36. The van der Waals surface area contributed by atoms with Gasteiger partial charge in [-0.25, -0.2) is 9.37 Å². The Labute approximate surface area is 210 Å². The van der Waals surface area contributed by atoms with E-state index in [4.69, 9.17) is 23.9 Å². The largest absolute Gasteiger partial charge is 0.492 e. The SMILES string of the molecule is Cc1c(COc2cncc(OCC3CCOCC3)c2)nc2ccc(F)cc2c1OCc1ccccc1. The van der Waals surface area contributed by atoms with Crippen LogP contribution in [0.4, 0.5) is 4.39 Å². The van der Waals surface area contributed by atoms with E-state index in [1.54, 1.807) is 18.5 Å². The summed E-state index contributed by atoms with van der Waals surface area (Å²) >= 11 is 0. The first kappa shape index (κ1) is 24.0. The van der Waals surface area contributed by atoms with Crippen molar-refractivity contribution >= 4 is 10.9 Å². The van der Waals surface area contributed by atoms with Gasteiger partial charge in [-0.3, -0.25) is 4.98 Å². The van der Waals surface area contributed by atoms with E-state index in [1.165, 1.54) is 12.1 Å². The third kappa shape index (κ3) is 5.91. The number of nitrogens with zero attached hydrogens (tertiary/aromatic N) is 2. The van der Waals surface area contributed by atoms with Crippen LogP contribution in [0, 0.1) is 18.7 Å². The smallest absolute Gasteiger partial charge is 0.141 e. The van der Waals surface area contributed by atoms with E-state index in [0.717, 1.165) is 37.2 Å². The van der Waals surface area contributed by atoms with Crippen molar-refractivity contribution in [3.05, 3.63) is 89.6 Å². The van der Waals surface area contributed by atoms with E-state index < -0.39 is 0 Å². The average Bonchev–Trinajstić information content (AvgIpc) is 2.92. The molecule has 2 aromatic heterocycles. The van der Waals surface area contributed by atoms with Gasteiger partial charge in [0, 0.05) is 30.2 Å². The minimum atomic E-state index is -0.332. The summed E-state index contributed by atoms with van der Waals surface area (Å²) < 4.78 is 37.7. The summed E-state index contributed by atoms with van der Waals surface area (Å²) in [5.41, 5.74) is 3.20. The van der Waals surface area contributed by atoms with Crippen LogP contribution in [0.3, 0.4) is 0 Å². The molecular formula is C29H29FN2O4. The van der Waals surface area contributed by atoms with Gasteiger partial charge in [-0.15, -0.1) is 0 Å². The van der Waals surface area contributed by atoms with E-state index in [1.807, 2.05) is 43.3 Å². The van der Waals surface area contributed by atoms with Crippen LogP contribution >= 0.6 is 0 Å². The second-order valence-corrected chi connectivity index (χ2v) is 8.96. The van der Waals surface area contributed by atoms with Crippen LogP contribution in [-0.4, -0.2) is 29.8 Å². The lowest BCUT2D eigenvalue weighted by atomic mass is 10.0. The van der Waals surface area contributed by atoms with Crippen LogP contribution in [0.5, 0.6) is 17.2 Å². The van der Waals surface area contributed by atoms with Gasteiger partial charge in [-0.05, 0) is 49.4 Å². The number of pyridine rings is 2. The molecule has 0 atom stereocenters. The van der Waals surface area contributed by atoms with Crippen molar-refractivity contribution in [3.8, 4) is 17.2 Å². The van der Waals surface area contributed by atoms with E-state index in [-0.39, 0.29) is 12.4 Å². The fourth-order valence-corrected chi connectivity index (χ4v) is 4.24. The van der Waals surface area contributed by atoms with Crippen LogP contribution in [-0.2, 0) is 18.0 Å². The maximum atomic E-state index is 14.1. The Balaban J connectivity index is 1.32. The molecule has 0 bridgehead atoms. The van der Waals surface area contributed by atoms with Crippen molar-refractivity contribution in [1.82, 2.24) is 9.97 Å². The Bertz CT molecular complexity index is 1310. The molecule has 186 valence electrons. The van der Waals surface area contributed by atoms with Crippen LogP contribution in [0.25, 0.3) is 10.9 Å². The molecule has 1 fully saturated rings. The van der Waals surface area contributed by atoms with Crippen LogP contribution in [0.15, 0.2) is 67.0 Å². The zero-order valence-electron chi connectivity index (χ0n) is 20.3. The minimum Gasteiger partial charge on any atom is -0.492 e. The van der Waals surface area contributed by atoms with Crippen LogP contribution in [0.2, 0.25) is 0 Å². The first-order chi connectivity index (χ1) is 17.7. The van der Waals surface area contributed by atoms with Gasteiger partial charge < -0.3 is 18.9 Å². The summed E-state index contributed by atoms with van der Waals surface area (Å²) in [5, 5.41) is 0.636. The summed E-state index contributed by atoms with van der Waals surface area (Å²) in [6, 6.07) is 16.2. The monoisotopic (exact) mass is 488 g/mol. The highest BCUT2D eigenvalue weighted by Gasteiger charge is 2.16. The molecule has 1 aliphatic rings. The van der Waals surface area contributed by atoms with Gasteiger partial charge in [0.15, 0.2) is 0 Å². The summed E-state index contributed by atoms with van der Waals surface area (Å²) in [7, 11) is 0. The summed E-state index contributed by atoms with van der Waals surface area (Å²) in [5.74, 6) is 2.03. The molecule has 0 saturated carbocycles. The Kier molecular flexibility index (Phi) is 7.57. The molecule has 4 aromatic rings. The highest BCUT2D eigenvalue weighted by atomic mass is 19.1. The number of hydrogen-bond donors (Lipinski definition) is 0. The first-order valence-corrected chi connectivity index (χ1v) is 12.2. The highest BCUT2D eigenvalue weighted by Crippen LogP contribution is 2.32. The van der Waals surface area contributed by atoms with E-state index in [2.05, 4.69) is 4.98 Å². The van der Waals surface area contributed by atoms with Gasteiger partial charge >= 0.3 is 0 Å². The molecule has 1 aliphatic heterocycles. The number of halogens is 1. The zero-order valence-corrected chi connectivity index (χ0v) is 20.3. The number of aromatic nitrogens is 2. The highest BCUT2D eigenvalue weighted by molar-refractivity contribution is 5.86. The van der Waals surface area contributed by atoms with Crippen molar-refractivity contribution in [1.29, 1.82) is 0 Å². The summed E-state index contributed by atoms with van der Waals surface area (Å²) in [6.45, 7) is 4.72. The number of ether oxygens (including phenoxy) is 4. The third-order valence-electron chi connectivity index (χ3n) is 6.35. The normalized spacial score (nSPS) is 14.1. The van der Waals surface area contributed by atoms with Gasteiger partial charge in [0.05, 0.1) is 30.2 Å². The molecule has 36 heavy (non-hydrogen) atoms. The van der Waals surface area contributed by atoms with Crippen molar-refractivity contribution < 1.29 is 23.3 Å². The average molecular weight is 489 g/mol. The van der Waals surface area contributed by atoms with Gasteiger partial charge in [0.25, 0.3) is 0 Å². The minimum absolute atomic E-state index is 0.214. The number of hydrogen-bond acceptors (Lipinski definition) is 6. The molecule has 5 rings (SSSR count). The molecule has 0 amide bonds. The quantitative estimate of drug-likeness (QED) is 0.286. The fourth-order valence-electron chi connectivity index (χ4n) is 4.24. The molecule has 3 heterocycles. The van der Waals surface area contributed by atoms with E-state index in [0.29, 0.717) is 53.0 Å². The Hall–Kier alpha value is -3.71. The second kappa shape index (κ2) is 11.4. The zero-order chi connectivity index (χ0) is 24.7. The summed E-state index contributed by atoms with van der Waals surface area (Å²) in [4.78, 5) is 8.99. The molecule has 0 aliphatic carbocycles. The number of rotatable bonds is 9. The molecule has 7 heteroatoms. The van der Waals surface area contributed by atoms with E-state index in [9.17, 15) is 4.39 Å². The maximum Gasteiger partial charge on any atom is 0.141 e. The van der Waals surface area contributed by atoms with E-state index >= 15 is 0 Å². The topological polar surface area (TPSA) is 62.7 Å². The molecular weight excluding hydrogens is 459 g/mol. The van der Waals surface area contributed by atoms with Crippen LogP contribution in [0.1, 0.15) is 29.7 Å². The molecule has 2 aromatic carbocycles. The lowest BCUT2D eigenvalue weighted by molar-refractivity contribution is 0.0496. The number of benzene rings is 2. The maximum absolute atomic E-state index is 14.1. The Morgan fingerprint density at radius 2 is 1.69 bits per heavy atom. The van der Waals surface area contributed by atoms with Gasteiger partial charge in [-0.1, -0.05) is 30.3 Å². The van der Waals surface area contributed by atoms with Crippen LogP contribution < -0.4 is 14.2 Å². The second-order valence-electron chi connectivity index (χ2n) is 8.96. The standard InChI is InChI=1S/C29H29FN2O4/c1-20-28(19-35-25-14-24(15-31-16-25)34-17-22-9-11-33-12-10-22)32-27-8-7-23(30)13-26(27)29(20)36-18-21-5-3-2-4-6-21/h2-8,13-16,22H,9-12,17-19H2,1H3. The van der Waals surface area contributed by atoms with Crippen molar-refractivity contribution in [3.63, 3.8) is 0 Å². The third-order valence-corrected chi connectivity index (χ3v) is 6.35. The predicted octanol–water partition coefficient (Wildman–Crippen LogP) is 6.04. The van der Waals surface area contributed by atoms with Crippen molar-refractivity contribution in [2.24, 2.45) is 5.92 Å². The lowest BCUT2D eigenvalue weighted by Crippen LogP contribution is -2.21. The van der Waals surface area contributed by atoms with Gasteiger partial charge in [-0.2, -0.15) is 0 Å². The number of fused-ring (bicyclic) bond motifs is 1. The Morgan fingerprint density at radius 1 is 0.917 bits per heavy atom. The Morgan fingerprint density at radius 3 is 2.50 bits per heavy atom. The molecule has 0 unspecified atom stereocenters. The molecule has 1 saturated heterocycles.